The standard InChI is InChI=1S/C21H22BrClN4O2S/c1-12(26-19(28)13-6-15(23)10-25-9-13)2-4-16-8-21(11-30-20(24)27-21)17-7-14(22)3-5-18(17)29-16/h3,5-7,9-10,12,16H,2,4,8,11H2,1H3,(H2,24,27)(H,26,28)/t12?,16-,21?/m0/s1. The van der Waals surface area contributed by atoms with Gasteiger partial charge in [0.1, 0.15) is 17.4 Å². The van der Waals surface area contributed by atoms with E-state index in [0.29, 0.717) is 15.8 Å². The molecule has 0 saturated carbocycles. The number of nitrogens with one attached hydrogen (secondary N) is 1. The Bertz CT molecular complexity index is 1000. The Morgan fingerprint density at radius 2 is 2.30 bits per heavy atom. The summed E-state index contributed by atoms with van der Waals surface area (Å²) in [6.07, 6.45) is 5.36. The number of amidine groups is 1. The fourth-order valence-corrected chi connectivity index (χ4v) is 5.40. The van der Waals surface area contributed by atoms with Crippen molar-refractivity contribution in [3.05, 3.63) is 57.3 Å². The lowest BCUT2D eigenvalue weighted by molar-refractivity contribution is 0.0922. The van der Waals surface area contributed by atoms with Crippen molar-refractivity contribution >= 4 is 50.4 Å². The first kappa shape index (κ1) is 21.5. The van der Waals surface area contributed by atoms with Gasteiger partial charge in [-0.25, -0.2) is 0 Å². The third-order valence-corrected chi connectivity index (χ3v) is 7.06. The zero-order valence-corrected chi connectivity index (χ0v) is 19.6. The van der Waals surface area contributed by atoms with Gasteiger partial charge in [0.2, 0.25) is 0 Å². The molecular weight excluding hydrogens is 488 g/mol. The highest BCUT2D eigenvalue weighted by atomic mass is 79.9. The summed E-state index contributed by atoms with van der Waals surface area (Å²) in [5.74, 6) is 1.49. The highest BCUT2D eigenvalue weighted by Crippen LogP contribution is 2.48. The normalized spacial score (nSPS) is 23.4. The molecule has 4 rings (SSSR count). The number of nitrogens with zero attached hydrogens (tertiary/aromatic N) is 2. The molecule has 6 nitrogen and oxygen atoms in total. The van der Waals surface area contributed by atoms with Crippen LogP contribution in [-0.2, 0) is 5.54 Å². The van der Waals surface area contributed by atoms with Gasteiger partial charge in [0.05, 0.1) is 10.6 Å². The summed E-state index contributed by atoms with van der Waals surface area (Å²) >= 11 is 11.1. The van der Waals surface area contributed by atoms with Gasteiger partial charge in [0, 0.05) is 40.6 Å². The average Bonchev–Trinajstić information content (AvgIpc) is 3.08. The van der Waals surface area contributed by atoms with E-state index in [-0.39, 0.29) is 23.6 Å². The maximum absolute atomic E-state index is 12.4. The van der Waals surface area contributed by atoms with Gasteiger partial charge in [-0.05, 0) is 44.0 Å². The van der Waals surface area contributed by atoms with Crippen molar-refractivity contribution in [1.29, 1.82) is 0 Å². The summed E-state index contributed by atoms with van der Waals surface area (Å²) < 4.78 is 7.28. The summed E-state index contributed by atoms with van der Waals surface area (Å²) in [7, 11) is 0. The van der Waals surface area contributed by atoms with Crippen molar-refractivity contribution < 1.29 is 9.53 Å². The van der Waals surface area contributed by atoms with Crippen LogP contribution in [-0.4, -0.2) is 34.0 Å². The van der Waals surface area contributed by atoms with Crippen LogP contribution in [0.5, 0.6) is 5.75 Å². The topological polar surface area (TPSA) is 89.6 Å². The summed E-state index contributed by atoms with van der Waals surface area (Å²) in [4.78, 5) is 21.2. The highest BCUT2D eigenvalue weighted by molar-refractivity contribution is 9.10. The molecule has 9 heteroatoms. The van der Waals surface area contributed by atoms with Gasteiger partial charge >= 0.3 is 0 Å². The number of hydrogen-bond donors (Lipinski definition) is 2. The van der Waals surface area contributed by atoms with Crippen molar-refractivity contribution in [2.24, 2.45) is 10.7 Å². The summed E-state index contributed by atoms with van der Waals surface area (Å²) in [6.45, 7) is 1.99. The molecule has 2 aliphatic rings. The molecule has 0 bridgehead atoms. The Kier molecular flexibility index (Phi) is 6.27. The predicted molar refractivity (Wildman–Crippen MR) is 124 cm³/mol. The zero-order valence-electron chi connectivity index (χ0n) is 16.4. The van der Waals surface area contributed by atoms with Crippen LogP contribution in [0.25, 0.3) is 0 Å². The molecule has 30 heavy (non-hydrogen) atoms. The van der Waals surface area contributed by atoms with Gasteiger partial charge in [-0.2, -0.15) is 0 Å². The number of benzene rings is 1. The first-order valence-electron chi connectivity index (χ1n) is 9.71. The van der Waals surface area contributed by atoms with E-state index in [1.54, 1.807) is 17.8 Å². The molecule has 2 unspecified atom stereocenters. The zero-order chi connectivity index (χ0) is 21.3. The van der Waals surface area contributed by atoms with E-state index in [9.17, 15) is 4.79 Å². The number of hydrogen-bond acceptors (Lipinski definition) is 6. The molecule has 158 valence electrons. The number of carbonyl (C=O) groups is 1. The number of ether oxygens (including phenoxy) is 1. The molecule has 2 aromatic rings. The molecule has 1 aromatic heterocycles. The van der Waals surface area contributed by atoms with Crippen LogP contribution in [0.4, 0.5) is 0 Å². The third-order valence-electron chi connectivity index (χ3n) is 5.35. The number of thioether (sulfide) groups is 1. The van der Waals surface area contributed by atoms with Gasteiger partial charge in [0.15, 0.2) is 5.17 Å². The summed E-state index contributed by atoms with van der Waals surface area (Å²) in [6, 6.07) is 7.63. The quantitative estimate of drug-likeness (QED) is 0.619. The second kappa shape index (κ2) is 8.77. The monoisotopic (exact) mass is 508 g/mol. The number of fused-ring (bicyclic) bond motifs is 2. The largest absolute Gasteiger partial charge is 0.490 e. The molecule has 0 aliphatic carbocycles. The average molecular weight is 510 g/mol. The predicted octanol–water partition coefficient (Wildman–Crippen LogP) is 4.50. The third kappa shape index (κ3) is 4.60. The molecule has 3 heterocycles. The maximum Gasteiger partial charge on any atom is 0.253 e. The number of aliphatic imine (C=N–C) groups is 1. The van der Waals surface area contributed by atoms with Crippen molar-refractivity contribution in [3.63, 3.8) is 0 Å². The van der Waals surface area contributed by atoms with Crippen LogP contribution >= 0.6 is 39.3 Å². The van der Waals surface area contributed by atoms with E-state index >= 15 is 0 Å². The molecule has 2 aliphatic heterocycles. The number of pyridine rings is 1. The number of nitrogens with two attached hydrogens (primary N) is 1. The Labute approximate surface area is 193 Å². The fraction of sp³-hybridized carbons (Fsp3) is 0.381. The van der Waals surface area contributed by atoms with Crippen LogP contribution in [0.1, 0.15) is 42.1 Å². The molecule has 1 aromatic carbocycles. The minimum Gasteiger partial charge on any atom is -0.490 e. The fourth-order valence-electron chi connectivity index (χ4n) is 3.90. The first-order chi connectivity index (χ1) is 14.3. The molecule has 0 saturated heterocycles. The summed E-state index contributed by atoms with van der Waals surface area (Å²) in [5, 5.41) is 4.07. The van der Waals surface area contributed by atoms with Crippen LogP contribution in [0.2, 0.25) is 5.02 Å². The van der Waals surface area contributed by atoms with Crippen LogP contribution < -0.4 is 15.8 Å². The lowest BCUT2D eigenvalue weighted by Gasteiger charge is -2.38. The molecule has 1 spiro atoms. The van der Waals surface area contributed by atoms with Crippen molar-refractivity contribution in [1.82, 2.24) is 10.3 Å². The van der Waals surface area contributed by atoms with Crippen molar-refractivity contribution in [3.8, 4) is 5.75 Å². The smallest absolute Gasteiger partial charge is 0.253 e. The number of halogens is 2. The minimum atomic E-state index is -0.351. The molecule has 0 radical (unpaired) electrons. The minimum absolute atomic E-state index is 0.00103. The van der Waals surface area contributed by atoms with Crippen LogP contribution in [0.3, 0.4) is 0 Å². The van der Waals surface area contributed by atoms with E-state index in [0.717, 1.165) is 40.8 Å². The maximum atomic E-state index is 12.4. The number of aromatic nitrogens is 1. The Morgan fingerprint density at radius 1 is 1.47 bits per heavy atom. The number of amides is 1. The van der Waals surface area contributed by atoms with Crippen molar-refractivity contribution in [2.75, 3.05) is 5.75 Å². The second-order valence-electron chi connectivity index (χ2n) is 7.70. The first-order valence-corrected chi connectivity index (χ1v) is 11.9. The van der Waals surface area contributed by atoms with Crippen LogP contribution in [0.15, 0.2) is 46.1 Å². The van der Waals surface area contributed by atoms with Gasteiger partial charge in [-0.1, -0.05) is 39.3 Å². The van der Waals surface area contributed by atoms with E-state index in [2.05, 4.69) is 32.3 Å². The second-order valence-corrected chi connectivity index (χ2v) is 10.0. The lowest BCUT2D eigenvalue weighted by atomic mass is 9.82. The lowest BCUT2D eigenvalue weighted by Crippen LogP contribution is -2.39. The van der Waals surface area contributed by atoms with Gasteiger partial charge in [-0.15, -0.1) is 0 Å². The Hall–Kier alpha value is -1.77. The van der Waals surface area contributed by atoms with E-state index in [1.165, 1.54) is 12.4 Å². The van der Waals surface area contributed by atoms with E-state index < -0.39 is 0 Å². The Balaban J connectivity index is 1.42. The van der Waals surface area contributed by atoms with Crippen LogP contribution in [0, 0.1) is 0 Å². The van der Waals surface area contributed by atoms with Gasteiger partial charge in [-0.3, -0.25) is 14.8 Å². The van der Waals surface area contributed by atoms with Gasteiger partial charge in [0.25, 0.3) is 5.91 Å². The summed E-state index contributed by atoms with van der Waals surface area (Å²) in [5.41, 5.74) is 7.20. The molecule has 3 atom stereocenters. The van der Waals surface area contributed by atoms with Crippen molar-refractivity contribution in [2.45, 2.75) is 43.9 Å². The molecule has 3 N–H and O–H groups in total. The molecular formula is C21H22BrClN4O2S. The number of rotatable bonds is 5. The van der Waals surface area contributed by atoms with Gasteiger partial charge < -0.3 is 15.8 Å². The highest BCUT2D eigenvalue weighted by Gasteiger charge is 2.45. The van der Waals surface area contributed by atoms with E-state index in [4.69, 9.17) is 27.1 Å². The molecule has 1 amide bonds. The van der Waals surface area contributed by atoms with E-state index in [1.807, 2.05) is 19.1 Å². The Morgan fingerprint density at radius 3 is 3.03 bits per heavy atom. The molecule has 0 fully saturated rings. The number of carbonyl (C=O) groups excluding carboxylic acids is 1. The SMILES string of the molecule is CC(CC[C@H]1CC2(CSC(N)=N2)c2cc(Br)ccc2O1)NC(=O)c1cncc(Cl)c1.